The molecule has 1 atom stereocenters. The van der Waals surface area contributed by atoms with Crippen LogP contribution in [0.2, 0.25) is 0 Å². The highest BCUT2D eigenvalue weighted by molar-refractivity contribution is 7.99. The van der Waals surface area contributed by atoms with Crippen LogP contribution in [0.4, 0.5) is 0 Å². The van der Waals surface area contributed by atoms with Gasteiger partial charge in [-0.3, -0.25) is 4.79 Å². The molecule has 1 aromatic heterocycles. The number of carbonyl (C=O) groups excluding carboxylic acids is 1. The Morgan fingerprint density at radius 2 is 2.50 bits per heavy atom. The van der Waals surface area contributed by atoms with Crippen LogP contribution in [0, 0.1) is 0 Å². The molecule has 0 bridgehead atoms. The van der Waals surface area contributed by atoms with Crippen molar-refractivity contribution in [1.82, 2.24) is 9.55 Å². The zero-order valence-electron chi connectivity index (χ0n) is 9.55. The largest absolute Gasteiger partial charge is 0.465 e. The Hall–Kier alpha value is -1.01. The molecule has 0 aliphatic carbocycles. The normalized spacial score (nSPS) is 12.4. The van der Waals surface area contributed by atoms with Crippen LogP contribution in [0.1, 0.15) is 13.3 Å². The predicted octanol–water partition coefficient (Wildman–Crippen LogP) is 0.793. The summed E-state index contributed by atoms with van der Waals surface area (Å²) in [7, 11) is 1.93. The average molecular weight is 243 g/mol. The highest BCUT2D eigenvalue weighted by Gasteiger charge is 2.14. The molecule has 1 aromatic rings. The fourth-order valence-electron chi connectivity index (χ4n) is 1.14. The highest BCUT2D eigenvalue weighted by atomic mass is 32.2. The van der Waals surface area contributed by atoms with Crippen LogP contribution in [0.15, 0.2) is 17.6 Å². The van der Waals surface area contributed by atoms with E-state index in [1.165, 1.54) is 0 Å². The van der Waals surface area contributed by atoms with Gasteiger partial charge in [-0.2, -0.15) is 0 Å². The lowest BCUT2D eigenvalue weighted by Crippen LogP contribution is -2.32. The maximum absolute atomic E-state index is 11.2. The molecule has 2 N–H and O–H groups in total. The molecule has 0 aliphatic heterocycles. The van der Waals surface area contributed by atoms with E-state index < -0.39 is 6.04 Å². The number of rotatable bonds is 6. The number of aromatic nitrogens is 2. The minimum Gasteiger partial charge on any atom is -0.465 e. The Morgan fingerprint density at radius 1 is 1.75 bits per heavy atom. The van der Waals surface area contributed by atoms with E-state index in [4.69, 9.17) is 10.5 Å². The zero-order chi connectivity index (χ0) is 12.0. The Bertz CT molecular complexity index is 341. The molecule has 0 saturated carbocycles. The van der Waals surface area contributed by atoms with Gasteiger partial charge in [0.2, 0.25) is 0 Å². The number of aryl methyl sites for hydroxylation is 1. The third-order valence-electron chi connectivity index (χ3n) is 2.03. The Kier molecular flexibility index (Phi) is 5.34. The van der Waals surface area contributed by atoms with Gasteiger partial charge in [0.05, 0.1) is 6.61 Å². The summed E-state index contributed by atoms with van der Waals surface area (Å²) in [6, 6.07) is -0.535. The molecule has 0 saturated heterocycles. The predicted molar refractivity (Wildman–Crippen MR) is 63.2 cm³/mol. The second-order valence-corrected chi connectivity index (χ2v) is 4.38. The van der Waals surface area contributed by atoms with Gasteiger partial charge in [-0.1, -0.05) is 11.8 Å². The van der Waals surface area contributed by atoms with Crippen LogP contribution < -0.4 is 5.73 Å². The van der Waals surface area contributed by atoms with E-state index in [0.29, 0.717) is 13.0 Å². The summed E-state index contributed by atoms with van der Waals surface area (Å²) in [6.45, 7) is 2.15. The summed E-state index contributed by atoms with van der Waals surface area (Å²) in [5.74, 6) is 0.424. The number of esters is 1. The van der Waals surface area contributed by atoms with Gasteiger partial charge in [0.25, 0.3) is 0 Å². The molecule has 0 radical (unpaired) electrons. The van der Waals surface area contributed by atoms with Crippen molar-refractivity contribution >= 4 is 17.7 Å². The van der Waals surface area contributed by atoms with Crippen LogP contribution in [-0.2, 0) is 16.6 Å². The minimum atomic E-state index is -0.535. The first-order valence-electron chi connectivity index (χ1n) is 5.17. The molecule has 0 fully saturated rings. The molecular formula is C10H17N3O2S. The summed E-state index contributed by atoms with van der Waals surface area (Å²) in [5.41, 5.74) is 5.67. The third kappa shape index (κ3) is 3.86. The van der Waals surface area contributed by atoms with Crippen molar-refractivity contribution in [2.75, 3.05) is 12.4 Å². The molecule has 1 rings (SSSR count). The van der Waals surface area contributed by atoms with Gasteiger partial charge in [0, 0.05) is 25.2 Å². The maximum atomic E-state index is 11.2. The first-order chi connectivity index (χ1) is 7.65. The second kappa shape index (κ2) is 6.55. The van der Waals surface area contributed by atoms with Crippen molar-refractivity contribution in [2.45, 2.75) is 24.5 Å². The van der Waals surface area contributed by atoms with E-state index >= 15 is 0 Å². The van der Waals surface area contributed by atoms with E-state index in [1.807, 2.05) is 17.8 Å². The summed E-state index contributed by atoms with van der Waals surface area (Å²) >= 11 is 1.58. The summed E-state index contributed by atoms with van der Waals surface area (Å²) in [4.78, 5) is 15.4. The average Bonchev–Trinajstić information content (AvgIpc) is 2.65. The van der Waals surface area contributed by atoms with E-state index in [1.54, 1.807) is 24.9 Å². The Balaban J connectivity index is 2.25. The Morgan fingerprint density at radius 3 is 3.06 bits per heavy atom. The standard InChI is InChI=1S/C10H17N3O2S/c1-3-15-9(14)8(11)4-7-16-10-12-5-6-13(10)2/h5-6,8H,3-4,7,11H2,1-2H3. The monoisotopic (exact) mass is 243 g/mol. The number of imidazole rings is 1. The van der Waals surface area contributed by atoms with Gasteiger partial charge in [-0.15, -0.1) is 0 Å². The van der Waals surface area contributed by atoms with Crippen molar-refractivity contribution in [3.05, 3.63) is 12.4 Å². The lowest BCUT2D eigenvalue weighted by Gasteiger charge is -2.09. The number of ether oxygens (including phenoxy) is 1. The van der Waals surface area contributed by atoms with Crippen molar-refractivity contribution in [3.8, 4) is 0 Å². The minimum absolute atomic E-state index is 0.331. The molecule has 6 heteroatoms. The molecule has 5 nitrogen and oxygen atoms in total. The molecule has 1 unspecified atom stereocenters. The van der Waals surface area contributed by atoms with Gasteiger partial charge in [0.1, 0.15) is 6.04 Å². The number of thioether (sulfide) groups is 1. The van der Waals surface area contributed by atoms with E-state index in [9.17, 15) is 4.79 Å². The molecule has 90 valence electrons. The van der Waals surface area contributed by atoms with Gasteiger partial charge in [-0.25, -0.2) is 4.98 Å². The molecule has 16 heavy (non-hydrogen) atoms. The van der Waals surface area contributed by atoms with Crippen molar-refractivity contribution in [3.63, 3.8) is 0 Å². The van der Waals surface area contributed by atoms with Crippen molar-refractivity contribution in [2.24, 2.45) is 12.8 Å². The van der Waals surface area contributed by atoms with Gasteiger partial charge < -0.3 is 15.0 Å². The van der Waals surface area contributed by atoms with E-state index in [-0.39, 0.29) is 5.97 Å². The van der Waals surface area contributed by atoms with Crippen LogP contribution in [-0.4, -0.2) is 33.9 Å². The number of hydrogen-bond donors (Lipinski definition) is 1. The van der Waals surface area contributed by atoms with Crippen LogP contribution in [0.5, 0.6) is 0 Å². The number of nitrogens with zero attached hydrogens (tertiary/aromatic N) is 2. The number of carbonyl (C=O) groups is 1. The quantitative estimate of drug-likeness (QED) is 0.591. The number of hydrogen-bond acceptors (Lipinski definition) is 5. The maximum Gasteiger partial charge on any atom is 0.322 e. The highest BCUT2D eigenvalue weighted by Crippen LogP contribution is 2.15. The van der Waals surface area contributed by atoms with Crippen LogP contribution in [0.3, 0.4) is 0 Å². The summed E-state index contributed by atoms with van der Waals surface area (Å²) in [6.07, 6.45) is 4.22. The summed E-state index contributed by atoms with van der Waals surface area (Å²) in [5, 5.41) is 0.927. The van der Waals surface area contributed by atoms with Crippen LogP contribution in [0.25, 0.3) is 0 Å². The molecule has 1 heterocycles. The van der Waals surface area contributed by atoms with Gasteiger partial charge in [0.15, 0.2) is 5.16 Å². The first kappa shape index (κ1) is 13.1. The number of nitrogens with two attached hydrogens (primary N) is 1. The first-order valence-corrected chi connectivity index (χ1v) is 6.16. The van der Waals surface area contributed by atoms with Crippen molar-refractivity contribution < 1.29 is 9.53 Å². The third-order valence-corrected chi connectivity index (χ3v) is 3.12. The smallest absolute Gasteiger partial charge is 0.322 e. The van der Waals surface area contributed by atoms with Gasteiger partial charge in [-0.05, 0) is 13.3 Å². The zero-order valence-corrected chi connectivity index (χ0v) is 10.4. The fraction of sp³-hybridized carbons (Fsp3) is 0.600. The van der Waals surface area contributed by atoms with Crippen molar-refractivity contribution in [1.29, 1.82) is 0 Å². The molecule has 0 amide bonds. The topological polar surface area (TPSA) is 70.1 Å². The van der Waals surface area contributed by atoms with Crippen LogP contribution >= 0.6 is 11.8 Å². The SMILES string of the molecule is CCOC(=O)C(N)CCSc1nccn1C. The Labute approximate surface area is 99.4 Å². The van der Waals surface area contributed by atoms with E-state index in [0.717, 1.165) is 10.9 Å². The summed E-state index contributed by atoms with van der Waals surface area (Å²) < 4.78 is 6.75. The molecule has 0 aromatic carbocycles. The molecular weight excluding hydrogens is 226 g/mol. The molecule has 0 aliphatic rings. The van der Waals surface area contributed by atoms with E-state index in [2.05, 4.69) is 4.98 Å². The van der Waals surface area contributed by atoms with Gasteiger partial charge >= 0.3 is 5.97 Å². The lowest BCUT2D eigenvalue weighted by atomic mass is 10.2. The second-order valence-electron chi connectivity index (χ2n) is 3.32. The fourth-order valence-corrected chi connectivity index (χ4v) is 2.09. The molecule has 0 spiro atoms. The lowest BCUT2D eigenvalue weighted by molar-refractivity contribution is -0.144.